The van der Waals surface area contributed by atoms with Crippen LogP contribution in [-0.4, -0.2) is 29.8 Å². The molecule has 1 fully saturated rings. The third-order valence-electron chi connectivity index (χ3n) is 4.04. The Morgan fingerprint density at radius 1 is 1.24 bits per heavy atom. The smallest absolute Gasteiger partial charge is 0.238 e. The number of hydrogen-bond acceptors (Lipinski definition) is 2. The zero-order valence-electron chi connectivity index (χ0n) is 12.5. The van der Waals surface area contributed by atoms with Crippen molar-refractivity contribution in [3.05, 3.63) is 34.9 Å². The van der Waals surface area contributed by atoms with Crippen molar-refractivity contribution in [2.45, 2.75) is 33.2 Å². The predicted octanol–water partition coefficient (Wildman–Crippen LogP) is 2.60. The minimum absolute atomic E-state index is 0.0517. The van der Waals surface area contributed by atoms with Crippen LogP contribution in [0.3, 0.4) is 0 Å². The summed E-state index contributed by atoms with van der Waals surface area (Å²) < 4.78 is 0. The van der Waals surface area contributed by atoms with E-state index in [2.05, 4.69) is 5.32 Å². The van der Waals surface area contributed by atoms with Gasteiger partial charge >= 0.3 is 0 Å². The Morgan fingerprint density at radius 2 is 1.86 bits per heavy atom. The molecular weight excluding hydrogens is 288 g/mol. The SMILES string of the molecule is CCN(CC)C(=O)C1(C(=O)NCc2ccccc2Cl)CC1. The minimum atomic E-state index is -0.840. The van der Waals surface area contributed by atoms with E-state index in [4.69, 9.17) is 11.6 Å². The van der Waals surface area contributed by atoms with E-state index < -0.39 is 5.41 Å². The summed E-state index contributed by atoms with van der Waals surface area (Å²) in [6, 6.07) is 7.38. The van der Waals surface area contributed by atoms with E-state index in [1.165, 1.54) is 0 Å². The molecule has 0 saturated heterocycles. The predicted molar refractivity (Wildman–Crippen MR) is 82.9 cm³/mol. The molecule has 0 heterocycles. The lowest BCUT2D eigenvalue weighted by atomic mass is 10.0. The maximum Gasteiger partial charge on any atom is 0.238 e. The Bertz CT molecular complexity index is 537. The fourth-order valence-electron chi connectivity index (χ4n) is 2.46. The maximum absolute atomic E-state index is 12.4. The second-order valence-electron chi connectivity index (χ2n) is 5.33. The summed E-state index contributed by atoms with van der Waals surface area (Å²) in [5, 5.41) is 3.48. The molecule has 0 unspecified atom stereocenters. The van der Waals surface area contributed by atoms with E-state index >= 15 is 0 Å². The average Bonchev–Trinajstić information content (AvgIpc) is 3.29. The van der Waals surface area contributed by atoms with Crippen molar-refractivity contribution in [3.63, 3.8) is 0 Å². The molecule has 21 heavy (non-hydrogen) atoms. The molecule has 5 heteroatoms. The molecule has 1 aromatic carbocycles. The van der Waals surface area contributed by atoms with Crippen molar-refractivity contribution in [1.29, 1.82) is 0 Å². The Labute approximate surface area is 130 Å². The third-order valence-corrected chi connectivity index (χ3v) is 4.41. The zero-order chi connectivity index (χ0) is 15.5. The fourth-order valence-corrected chi connectivity index (χ4v) is 2.67. The minimum Gasteiger partial charge on any atom is -0.351 e. The van der Waals surface area contributed by atoms with Crippen LogP contribution in [0.5, 0.6) is 0 Å². The Balaban J connectivity index is 2.00. The van der Waals surface area contributed by atoms with Gasteiger partial charge in [-0.2, -0.15) is 0 Å². The average molecular weight is 309 g/mol. The van der Waals surface area contributed by atoms with Gasteiger partial charge in [-0.15, -0.1) is 0 Å². The monoisotopic (exact) mass is 308 g/mol. The lowest BCUT2D eigenvalue weighted by molar-refractivity contribution is -0.144. The van der Waals surface area contributed by atoms with Crippen LogP contribution in [0.1, 0.15) is 32.3 Å². The van der Waals surface area contributed by atoms with Crippen LogP contribution in [0.4, 0.5) is 0 Å². The first-order valence-corrected chi connectivity index (χ1v) is 7.74. The van der Waals surface area contributed by atoms with Crippen LogP contribution < -0.4 is 5.32 Å². The number of carbonyl (C=O) groups excluding carboxylic acids is 2. The molecule has 1 N–H and O–H groups in total. The molecule has 0 spiro atoms. The van der Waals surface area contributed by atoms with Gasteiger partial charge in [0.1, 0.15) is 5.41 Å². The number of carbonyl (C=O) groups is 2. The van der Waals surface area contributed by atoms with Crippen LogP contribution in [-0.2, 0) is 16.1 Å². The Morgan fingerprint density at radius 3 is 2.38 bits per heavy atom. The summed E-state index contributed by atoms with van der Waals surface area (Å²) in [6.45, 7) is 5.48. The number of hydrogen-bond donors (Lipinski definition) is 1. The normalized spacial score (nSPS) is 15.4. The molecule has 0 radical (unpaired) electrons. The van der Waals surface area contributed by atoms with Crippen molar-refractivity contribution >= 4 is 23.4 Å². The van der Waals surface area contributed by atoms with E-state index in [0.29, 0.717) is 37.5 Å². The third kappa shape index (κ3) is 3.21. The number of amides is 2. The number of nitrogens with one attached hydrogen (secondary N) is 1. The Hall–Kier alpha value is -1.55. The van der Waals surface area contributed by atoms with Gasteiger partial charge in [0.05, 0.1) is 0 Å². The van der Waals surface area contributed by atoms with Crippen molar-refractivity contribution in [3.8, 4) is 0 Å². The molecule has 1 aliphatic rings. The summed E-state index contributed by atoms with van der Waals surface area (Å²) in [6.07, 6.45) is 1.27. The maximum atomic E-state index is 12.4. The standard InChI is InChI=1S/C16H21ClN2O2/c1-3-19(4-2)15(21)16(9-10-16)14(20)18-11-12-7-5-6-8-13(12)17/h5-8H,3-4,9-11H2,1-2H3,(H,18,20). The van der Waals surface area contributed by atoms with E-state index in [-0.39, 0.29) is 11.8 Å². The highest BCUT2D eigenvalue weighted by Crippen LogP contribution is 2.47. The van der Waals surface area contributed by atoms with Crippen molar-refractivity contribution < 1.29 is 9.59 Å². The van der Waals surface area contributed by atoms with Gasteiger partial charge in [0.15, 0.2) is 0 Å². The molecular formula is C16H21ClN2O2. The second kappa shape index (κ2) is 6.48. The second-order valence-corrected chi connectivity index (χ2v) is 5.74. The Kier molecular flexibility index (Phi) is 4.88. The molecule has 4 nitrogen and oxygen atoms in total. The van der Waals surface area contributed by atoms with E-state index in [9.17, 15) is 9.59 Å². The molecule has 2 amide bonds. The molecule has 0 aliphatic heterocycles. The van der Waals surface area contributed by atoms with E-state index in [1.54, 1.807) is 11.0 Å². The molecule has 1 saturated carbocycles. The first-order valence-electron chi connectivity index (χ1n) is 7.36. The highest BCUT2D eigenvalue weighted by Gasteiger charge is 2.57. The molecule has 0 aromatic heterocycles. The molecule has 0 bridgehead atoms. The van der Waals surface area contributed by atoms with Crippen LogP contribution in [0.25, 0.3) is 0 Å². The summed E-state index contributed by atoms with van der Waals surface area (Å²) in [5.41, 5.74) is 0.0198. The quantitative estimate of drug-likeness (QED) is 0.821. The van der Waals surface area contributed by atoms with Gasteiger partial charge in [0, 0.05) is 24.7 Å². The summed E-state index contributed by atoms with van der Waals surface area (Å²) in [5.74, 6) is -0.233. The molecule has 1 aromatic rings. The zero-order valence-corrected chi connectivity index (χ0v) is 13.2. The van der Waals surface area contributed by atoms with Gasteiger partial charge in [-0.25, -0.2) is 0 Å². The van der Waals surface area contributed by atoms with Crippen LogP contribution in [0.15, 0.2) is 24.3 Å². The van der Waals surface area contributed by atoms with Gasteiger partial charge in [-0.3, -0.25) is 9.59 Å². The number of benzene rings is 1. The van der Waals surface area contributed by atoms with E-state index in [1.807, 2.05) is 32.0 Å². The fraction of sp³-hybridized carbons (Fsp3) is 0.500. The summed E-state index contributed by atoms with van der Waals surface area (Å²) in [7, 11) is 0. The molecule has 1 aliphatic carbocycles. The van der Waals surface area contributed by atoms with Crippen molar-refractivity contribution in [2.75, 3.05) is 13.1 Å². The van der Waals surface area contributed by atoms with Crippen LogP contribution >= 0.6 is 11.6 Å². The van der Waals surface area contributed by atoms with Gasteiger partial charge in [0.2, 0.25) is 11.8 Å². The highest BCUT2D eigenvalue weighted by molar-refractivity contribution is 6.31. The van der Waals surface area contributed by atoms with Gasteiger partial charge in [-0.05, 0) is 38.3 Å². The van der Waals surface area contributed by atoms with Crippen molar-refractivity contribution in [2.24, 2.45) is 5.41 Å². The van der Waals surface area contributed by atoms with Crippen LogP contribution in [0.2, 0.25) is 5.02 Å². The molecule has 0 atom stereocenters. The summed E-state index contributed by atoms with van der Waals surface area (Å²) >= 11 is 6.07. The van der Waals surface area contributed by atoms with Gasteiger partial charge < -0.3 is 10.2 Å². The van der Waals surface area contributed by atoms with E-state index in [0.717, 1.165) is 5.56 Å². The first kappa shape index (κ1) is 15.8. The topological polar surface area (TPSA) is 49.4 Å². The molecule has 114 valence electrons. The van der Waals surface area contributed by atoms with Crippen molar-refractivity contribution in [1.82, 2.24) is 10.2 Å². The number of rotatable bonds is 6. The summed E-state index contributed by atoms with van der Waals surface area (Å²) in [4.78, 5) is 26.6. The van der Waals surface area contributed by atoms with Gasteiger partial charge in [0.25, 0.3) is 0 Å². The van der Waals surface area contributed by atoms with Gasteiger partial charge in [-0.1, -0.05) is 29.8 Å². The lowest BCUT2D eigenvalue weighted by Crippen LogP contribution is -2.45. The highest BCUT2D eigenvalue weighted by atomic mass is 35.5. The lowest BCUT2D eigenvalue weighted by Gasteiger charge is -2.24. The first-order chi connectivity index (χ1) is 10.0. The number of nitrogens with zero attached hydrogens (tertiary/aromatic N) is 1. The molecule has 2 rings (SSSR count). The largest absolute Gasteiger partial charge is 0.351 e. The van der Waals surface area contributed by atoms with Crippen LogP contribution in [0, 0.1) is 5.41 Å². The number of halogens is 1.